The largest absolute Gasteiger partial charge is 0.508 e. The molecule has 5 N–H and O–H groups in total. The average molecular weight is 478 g/mol. The van der Waals surface area contributed by atoms with E-state index < -0.39 is 12.2 Å². The topological polar surface area (TPSA) is 114 Å². The lowest BCUT2D eigenvalue weighted by Gasteiger charge is -2.23. The van der Waals surface area contributed by atoms with Crippen LogP contribution in [0, 0.1) is 5.92 Å². The maximum Gasteiger partial charge on any atom is 0.412 e. The van der Waals surface area contributed by atoms with Crippen LogP contribution in [0.15, 0.2) is 89.8 Å². The highest BCUT2D eigenvalue weighted by Gasteiger charge is 2.22. The van der Waals surface area contributed by atoms with E-state index in [4.69, 9.17) is 10.5 Å². The molecule has 0 saturated heterocycles. The molecule has 0 radical (unpaired) electrons. The number of nitrogens with one attached hydrogen (secondary N) is 2. The van der Waals surface area contributed by atoms with Crippen LogP contribution >= 0.6 is 11.8 Å². The molecule has 0 aliphatic rings. The van der Waals surface area contributed by atoms with Crippen molar-refractivity contribution in [2.75, 3.05) is 22.6 Å². The number of benzene rings is 3. The molecular formula is C26H27N3O4S. The second-order valence-corrected chi connectivity index (χ2v) is 8.45. The van der Waals surface area contributed by atoms with Gasteiger partial charge in [-0.3, -0.25) is 10.1 Å². The number of nitrogens with two attached hydrogens (primary N) is 1. The predicted molar refractivity (Wildman–Crippen MR) is 137 cm³/mol. The molecule has 34 heavy (non-hydrogen) atoms. The van der Waals surface area contributed by atoms with Gasteiger partial charge in [0, 0.05) is 16.5 Å². The third-order valence-corrected chi connectivity index (χ3v) is 5.78. The Morgan fingerprint density at radius 3 is 2.32 bits per heavy atom. The maximum absolute atomic E-state index is 12.6. The number of aromatic hydroxyl groups is 1. The number of ether oxygens (including phenoxy) is 1. The summed E-state index contributed by atoms with van der Waals surface area (Å²) in [6.07, 6.45) is 3.69. The Balaban J connectivity index is 1.71. The molecule has 3 aromatic carbocycles. The number of carbonyl (C=O) groups is 2. The highest BCUT2D eigenvalue weighted by atomic mass is 32.2. The third-order valence-electron chi connectivity index (χ3n) is 5.04. The van der Waals surface area contributed by atoms with Crippen LogP contribution in [-0.4, -0.2) is 23.4 Å². The lowest BCUT2D eigenvalue weighted by Crippen LogP contribution is -2.21. The number of hydrogen-bond acceptors (Lipinski definition) is 6. The van der Waals surface area contributed by atoms with Crippen molar-refractivity contribution in [3.63, 3.8) is 0 Å². The Labute approximate surface area is 203 Å². The Hall–Kier alpha value is -3.91. The minimum atomic E-state index is -0.697. The van der Waals surface area contributed by atoms with Gasteiger partial charge in [-0.05, 0) is 66.4 Å². The minimum Gasteiger partial charge on any atom is -0.508 e. The van der Waals surface area contributed by atoms with E-state index in [0.717, 1.165) is 4.90 Å². The van der Waals surface area contributed by atoms with Crippen LogP contribution in [-0.2, 0) is 9.53 Å². The number of thioether (sulfide) groups is 1. The predicted octanol–water partition coefficient (Wildman–Crippen LogP) is 5.82. The van der Waals surface area contributed by atoms with Gasteiger partial charge in [-0.2, -0.15) is 0 Å². The number of nitrogen functional groups attached to an aromatic ring is 1. The number of carbonyl (C=O) groups excluding carboxylic acids is 2. The first-order valence-electron chi connectivity index (χ1n) is 10.6. The van der Waals surface area contributed by atoms with Crippen LogP contribution < -0.4 is 16.4 Å². The van der Waals surface area contributed by atoms with Crippen molar-refractivity contribution in [1.29, 1.82) is 0 Å². The van der Waals surface area contributed by atoms with Crippen molar-refractivity contribution in [2.24, 2.45) is 5.92 Å². The van der Waals surface area contributed by atoms with Gasteiger partial charge in [0.05, 0.1) is 11.4 Å². The maximum atomic E-state index is 12.6. The summed E-state index contributed by atoms with van der Waals surface area (Å²) in [6.45, 7) is 1.83. The number of phenolic OH excluding ortho intramolecular Hbond substituents is 1. The fourth-order valence-corrected chi connectivity index (χ4v) is 3.61. The second-order valence-electron chi connectivity index (χ2n) is 7.57. The number of para-hydroxylation sites is 2. The van der Waals surface area contributed by atoms with E-state index in [2.05, 4.69) is 10.6 Å². The summed E-state index contributed by atoms with van der Waals surface area (Å²) in [4.78, 5) is 26.1. The molecule has 0 aromatic heterocycles. The summed E-state index contributed by atoms with van der Waals surface area (Å²) < 4.78 is 5.73. The number of amides is 2. The highest BCUT2D eigenvalue weighted by Crippen LogP contribution is 2.29. The van der Waals surface area contributed by atoms with Crippen LogP contribution in [0.25, 0.3) is 0 Å². The fourth-order valence-electron chi connectivity index (χ4n) is 3.21. The summed E-state index contributed by atoms with van der Waals surface area (Å²) in [5.74, 6) is -0.607. The molecule has 0 unspecified atom stereocenters. The molecule has 3 rings (SSSR count). The SMILES string of the molecule is CSc1ccc(NC(=O)O[C@@H](c2ccc(O)cc2)[C@@H](C)/C=C/C(=O)Nc2ccccc2N)cc1. The summed E-state index contributed by atoms with van der Waals surface area (Å²) in [5.41, 5.74) is 8.13. The van der Waals surface area contributed by atoms with Gasteiger partial charge in [0.2, 0.25) is 5.91 Å². The Morgan fingerprint density at radius 2 is 1.68 bits per heavy atom. The molecule has 0 spiro atoms. The van der Waals surface area contributed by atoms with Crippen molar-refractivity contribution in [2.45, 2.75) is 17.9 Å². The number of rotatable bonds is 8. The van der Waals surface area contributed by atoms with E-state index in [0.29, 0.717) is 22.6 Å². The molecule has 2 atom stereocenters. The van der Waals surface area contributed by atoms with Gasteiger partial charge in [0.1, 0.15) is 11.9 Å². The zero-order valence-corrected chi connectivity index (χ0v) is 19.7. The van der Waals surface area contributed by atoms with Crippen LogP contribution in [0.1, 0.15) is 18.6 Å². The van der Waals surface area contributed by atoms with Crippen molar-refractivity contribution < 1.29 is 19.4 Å². The molecule has 0 bridgehead atoms. The highest BCUT2D eigenvalue weighted by molar-refractivity contribution is 7.98. The lowest BCUT2D eigenvalue weighted by molar-refractivity contribution is -0.111. The van der Waals surface area contributed by atoms with Gasteiger partial charge < -0.3 is 20.9 Å². The fraction of sp³-hybridized carbons (Fsp3) is 0.154. The number of phenols is 1. The van der Waals surface area contributed by atoms with Gasteiger partial charge in [-0.25, -0.2) is 4.79 Å². The van der Waals surface area contributed by atoms with E-state index in [-0.39, 0.29) is 17.6 Å². The zero-order chi connectivity index (χ0) is 24.5. The molecule has 0 aliphatic heterocycles. The molecule has 0 aliphatic carbocycles. The molecule has 176 valence electrons. The van der Waals surface area contributed by atoms with Crippen LogP contribution in [0.2, 0.25) is 0 Å². The van der Waals surface area contributed by atoms with E-state index >= 15 is 0 Å². The molecule has 2 amide bonds. The van der Waals surface area contributed by atoms with Crippen LogP contribution in [0.3, 0.4) is 0 Å². The van der Waals surface area contributed by atoms with E-state index in [1.165, 1.54) is 18.2 Å². The third kappa shape index (κ3) is 7.05. The first-order chi connectivity index (χ1) is 16.4. The second kappa shape index (κ2) is 11.8. The standard InChI is InChI=1S/C26H27N3O4S/c1-17(7-16-24(31)29-23-6-4-3-5-22(23)27)25(18-8-12-20(30)13-9-18)33-26(32)28-19-10-14-21(34-2)15-11-19/h3-17,25,30H,27H2,1-2H3,(H,28,32)(H,29,31)/b16-7+/t17-,25+/m0/s1. The van der Waals surface area contributed by atoms with Crippen molar-refractivity contribution in [3.05, 3.63) is 90.5 Å². The molecule has 7 nitrogen and oxygen atoms in total. The molecule has 0 fully saturated rings. The molecule has 3 aromatic rings. The molecule has 0 saturated carbocycles. The van der Waals surface area contributed by atoms with E-state index in [1.807, 2.05) is 25.3 Å². The summed E-state index contributed by atoms with van der Waals surface area (Å²) in [7, 11) is 0. The summed E-state index contributed by atoms with van der Waals surface area (Å²) in [5, 5.41) is 15.1. The number of hydrogen-bond donors (Lipinski definition) is 4. The van der Waals surface area contributed by atoms with Crippen LogP contribution in [0.5, 0.6) is 5.75 Å². The quantitative estimate of drug-likeness (QED) is 0.185. The van der Waals surface area contributed by atoms with Crippen molar-refractivity contribution in [3.8, 4) is 5.75 Å². The van der Waals surface area contributed by atoms with E-state index in [9.17, 15) is 14.7 Å². The van der Waals surface area contributed by atoms with Gasteiger partial charge >= 0.3 is 6.09 Å². The molecular weight excluding hydrogens is 450 g/mol. The van der Waals surface area contributed by atoms with Gasteiger partial charge in [-0.15, -0.1) is 11.8 Å². The molecule has 0 heterocycles. The average Bonchev–Trinajstić information content (AvgIpc) is 2.83. The Kier molecular flexibility index (Phi) is 8.59. The van der Waals surface area contributed by atoms with Crippen molar-refractivity contribution in [1.82, 2.24) is 0 Å². The first kappa shape index (κ1) is 24.7. The minimum absolute atomic E-state index is 0.101. The van der Waals surface area contributed by atoms with Crippen LogP contribution in [0.4, 0.5) is 21.9 Å². The monoisotopic (exact) mass is 477 g/mol. The lowest BCUT2D eigenvalue weighted by atomic mass is 9.96. The van der Waals surface area contributed by atoms with Gasteiger partial charge in [0.25, 0.3) is 0 Å². The number of anilines is 3. The first-order valence-corrected chi connectivity index (χ1v) is 11.8. The Morgan fingerprint density at radius 1 is 1.00 bits per heavy atom. The van der Waals surface area contributed by atoms with E-state index in [1.54, 1.807) is 66.4 Å². The molecule has 8 heteroatoms. The Bertz CT molecular complexity index is 1150. The smallest absolute Gasteiger partial charge is 0.412 e. The van der Waals surface area contributed by atoms with Gasteiger partial charge in [0.15, 0.2) is 0 Å². The summed E-state index contributed by atoms with van der Waals surface area (Å²) >= 11 is 1.61. The summed E-state index contributed by atoms with van der Waals surface area (Å²) in [6, 6.07) is 20.8. The van der Waals surface area contributed by atoms with Gasteiger partial charge in [-0.1, -0.05) is 37.3 Å². The normalized spacial score (nSPS) is 12.6. The zero-order valence-electron chi connectivity index (χ0n) is 18.9. The van der Waals surface area contributed by atoms with Crippen molar-refractivity contribution >= 4 is 40.8 Å².